The molecule has 1 aliphatic rings. The van der Waals surface area contributed by atoms with Crippen molar-refractivity contribution in [3.63, 3.8) is 0 Å². The summed E-state index contributed by atoms with van der Waals surface area (Å²) in [4.78, 5) is 17.7. The summed E-state index contributed by atoms with van der Waals surface area (Å²) in [6.45, 7) is 3.80. The van der Waals surface area contributed by atoms with Crippen LogP contribution in [0.3, 0.4) is 0 Å². The van der Waals surface area contributed by atoms with Gasteiger partial charge in [-0.05, 0) is 18.2 Å². The number of amides is 1. The molecule has 0 spiro atoms. The molecule has 1 atom stereocenters. The van der Waals surface area contributed by atoms with Crippen molar-refractivity contribution in [1.29, 1.82) is 0 Å². The van der Waals surface area contributed by atoms with Gasteiger partial charge in [0.2, 0.25) is 0 Å². The summed E-state index contributed by atoms with van der Waals surface area (Å²) in [5.74, 6) is 1.11. The van der Waals surface area contributed by atoms with Crippen LogP contribution in [0, 0.1) is 0 Å². The van der Waals surface area contributed by atoms with E-state index in [9.17, 15) is 4.79 Å². The lowest BCUT2D eigenvalue weighted by atomic mass is 10.1. The number of hydrogen-bond donors (Lipinski definition) is 2. The Morgan fingerprint density at radius 2 is 2.37 bits per heavy atom. The first-order valence-electron chi connectivity index (χ1n) is 6.42. The van der Waals surface area contributed by atoms with Gasteiger partial charge in [0.05, 0.1) is 5.56 Å². The van der Waals surface area contributed by atoms with E-state index < -0.39 is 0 Å². The van der Waals surface area contributed by atoms with Gasteiger partial charge in [0.25, 0.3) is 5.91 Å². The van der Waals surface area contributed by atoms with Crippen LogP contribution in [-0.2, 0) is 0 Å². The Bertz CT molecular complexity index is 622. The van der Waals surface area contributed by atoms with E-state index in [1.54, 1.807) is 6.20 Å². The highest BCUT2D eigenvalue weighted by atomic mass is 32.2. The van der Waals surface area contributed by atoms with Crippen LogP contribution in [0.4, 0.5) is 5.69 Å². The van der Waals surface area contributed by atoms with E-state index in [0.717, 1.165) is 35.3 Å². The van der Waals surface area contributed by atoms with Crippen molar-refractivity contribution in [2.45, 2.75) is 12.2 Å². The van der Waals surface area contributed by atoms with Crippen LogP contribution in [0.15, 0.2) is 24.4 Å². The van der Waals surface area contributed by atoms with Gasteiger partial charge in [-0.25, -0.2) is 0 Å². The monoisotopic (exact) mass is 275 g/mol. The zero-order chi connectivity index (χ0) is 13.4. The van der Waals surface area contributed by atoms with Crippen LogP contribution < -0.4 is 5.73 Å². The molecule has 1 aromatic heterocycles. The number of H-pyrrole nitrogens is 1. The smallest absolute Gasteiger partial charge is 0.256 e. The number of benzene rings is 1. The second-order valence-electron chi connectivity index (χ2n) is 4.94. The Labute approximate surface area is 116 Å². The standard InChI is InChI=1S/C14H17N3OS/c1-9-8-17(4-5-19-9)14(18)12-7-16-13-3-2-10(15)6-11(12)13/h2-3,6-7,9,16H,4-5,8,15H2,1H3. The van der Waals surface area contributed by atoms with Gasteiger partial charge in [0, 0.05) is 46.9 Å². The summed E-state index contributed by atoms with van der Waals surface area (Å²) in [7, 11) is 0. The molecule has 3 rings (SSSR count). The summed E-state index contributed by atoms with van der Waals surface area (Å²) >= 11 is 1.92. The highest BCUT2D eigenvalue weighted by molar-refractivity contribution is 7.99. The lowest BCUT2D eigenvalue weighted by Gasteiger charge is -2.30. The van der Waals surface area contributed by atoms with Gasteiger partial charge < -0.3 is 15.6 Å². The Kier molecular flexibility index (Phi) is 3.14. The van der Waals surface area contributed by atoms with E-state index >= 15 is 0 Å². The molecule has 2 heterocycles. The molecule has 2 aromatic rings. The van der Waals surface area contributed by atoms with E-state index in [1.165, 1.54) is 0 Å². The van der Waals surface area contributed by atoms with E-state index in [4.69, 9.17) is 5.73 Å². The Morgan fingerprint density at radius 3 is 3.16 bits per heavy atom. The molecule has 3 N–H and O–H groups in total. The number of nitrogens with two attached hydrogens (primary N) is 1. The van der Waals surface area contributed by atoms with E-state index in [-0.39, 0.29) is 5.91 Å². The molecule has 1 unspecified atom stereocenters. The van der Waals surface area contributed by atoms with E-state index in [2.05, 4.69) is 11.9 Å². The first kappa shape index (κ1) is 12.4. The fraction of sp³-hybridized carbons (Fsp3) is 0.357. The number of carbonyl (C=O) groups excluding carboxylic acids is 1. The normalized spacial score (nSPS) is 19.8. The van der Waals surface area contributed by atoms with Crippen molar-refractivity contribution >= 4 is 34.3 Å². The number of aromatic amines is 1. The maximum atomic E-state index is 12.6. The van der Waals surface area contributed by atoms with Gasteiger partial charge in [-0.3, -0.25) is 4.79 Å². The first-order chi connectivity index (χ1) is 9.15. The molecule has 100 valence electrons. The van der Waals surface area contributed by atoms with Crippen LogP contribution >= 0.6 is 11.8 Å². The highest BCUT2D eigenvalue weighted by Gasteiger charge is 2.24. The number of hydrogen-bond acceptors (Lipinski definition) is 3. The van der Waals surface area contributed by atoms with Gasteiger partial charge in [0.1, 0.15) is 0 Å². The number of nitrogens with zero attached hydrogens (tertiary/aromatic N) is 1. The molecule has 0 radical (unpaired) electrons. The molecule has 5 heteroatoms. The summed E-state index contributed by atoms with van der Waals surface area (Å²) in [5, 5.41) is 1.42. The van der Waals surface area contributed by atoms with Crippen molar-refractivity contribution in [3.8, 4) is 0 Å². The Balaban J connectivity index is 1.95. The zero-order valence-electron chi connectivity index (χ0n) is 10.8. The summed E-state index contributed by atoms with van der Waals surface area (Å²) < 4.78 is 0. The number of fused-ring (bicyclic) bond motifs is 1. The van der Waals surface area contributed by atoms with E-state index in [0.29, 0.717) is 10.9 Å². The van der Waals surface area contributed by atoms with Crippen LogP contribution in [0.2, 0.25) is 0 Å². The number of anilines is 1. The molecule has 1 fully saturated rings. The summed E-state index contributed by atoms with van der Waals surface area (Å²) in [6.07, 6.45) is 1.79. The summed E-state index contributed by atoms with van der Waals surface area (Å²) in [6, 6.07) is 5.62. The number of rotatable bonds is 1. The zero-order valence-corrected chi connectivity index (χ0v) is 11.7. The second kappa shape index (κ2) is 4.81. The molecule has 0 aliphatic carbocycles. The molecule has 1 saturated heterocycles. The minimum atomic E-state index is 0.101. The molecule has 1 amide bonds. The van der Waals surface area contributed by atoms with Gasteiger partial charge in [-0.15, -0.1) is 0 Å². The largest absolute Gasteiger partial charge is 0.399 e. The number of nitrogens with one attached hydrogen (secondary N) is 1. The maximum Gasteiger partial charge on any atom is 0.256 e. The third-order valence-electron chi connectivity index (χ3n) is 3.46. The number of carbonyl (C=O) groups is 1. The average molecular weight is 275 g/mol. The lowest BCUT2D eigenvalue weighted by Crippen LogP contribution is -2.40. The third kappa shape index (κ3) is 2.30. The molecule has 0 saturated carbocycles. The fourth-order valence-electron chi connectivity index (χ4n) is 2.49. The van der Waals surface area contributed by atoms with Gasteiger partial charge in [0.15, 0.2) is 0 Å². The molecular formula is C14H17N3OS. The van der Waals surface area contributed by atoms with Crippen molar-refractivity contribution in [2.75, 3.05) is 24.6 Å². The second-order valence-corrected chi connectivity index (χ2v) is 6.49. The third-order valence-corrected chi connectivity index (χ3v) is 4.60. The Morgan fingerprint density at radius 1 is 1.53 bits per heavy atom. The van der Waals surface area contributed by atoms with Crippen molar-refractivity contribution in [1.82, 2.24) is 9.88 Å². The quantitative estimate of drug-likeness (QED) is 0.785. The minimum Gasteiger partial charge on any atom is -0.399 e. The molecular weight excluding hydrogens is 258 g/mol. The number of thioether (sulfide) groups is 1. The molecule has 1 aliphatic heterocycles. The minimum absolute atomic E-state index is 0.101. The topological polar surface area (TPSA) is 62.1 Å². The van der Waals surface area contributed by atoms with Gasteiger partial charge >= 0.3 is 0 Å². The van der Waals surface area contributed by atoms with Crippen LogP contribution in [0.1, 0.15) is 17.3 Å². The van der Waals surface area contributed by atoms with Crippen LogP contribution in [0.5, 0.6) is 0 Å². The SMILES string of the molecule is CC1CN(C(=O)c2c[nH]c3ccc(N)cc23)CCS1. The maximum absolute atomic E-state index is 12.6. The molecule has 0 bridgehead atoms. The van der Waals surface area contributed by atoms with Crippen LogP contribution in [-0.4, -0.2) is 39.9 Å². The number of nitrogen functional groups attached to an aromatic ring is 1. The molecule has 1 aromatic carbocycles. The first-order valence-corrected chi connectivity index (χ1v) is 7.47. The van der Waals surface area contributed by atoms with Crippen LogP contribution in [0.25, 0.3) is 10.9 Å². The fourth-order valence-corrected chi connectivity index (χ4v) is 3.50. The summed E-state index contributed by atoms with van der Waals surface area (Å²) in [5.41, 5.74) is 8.17. The van der Waals surface area contributed by atoms with E-state index in [1.807, 2.05) is 34.9 Å². The van der Waals surface area contributed by atoms with Crippen molar-refractivity contribution in [2.24, 2.45) is 0 Å². The average Bonchev–Trinajstić information content (AvgIpc) is 2.80. The predicted octanol–water partition coefficient (Wildman–Crippen LogP) is 2.33. The predicted molar refractivity (Wildman–Crippen MR) is 80.5 cm³/mol. The highest BCUT2D eigenvalue weighted by Crippen LogP contribution is 2.25. The number of aromatic nitrogens is 1. The van der Waals surface area contributed by atoms with Crippen molar-refractivity contribution < 1.29 is 4.79 Å². The van der Waals surface area contributed by atoms with Gasteiger partial charge in [-0.1, -0.05) is 6.92 Å². The van der Waals surface area contributed by atoms with Crippen molar-refractivity contribution in [3.05, 3.63) is 30.0 Å². The lowest BCUT2D eigenvalue weighted by molar-refractivity contribution is 0.0765. The molecule has 19 heavy (non-hydrogen) atoms. The van der Waals surface area contributed by atoms with Gasteiger partial charge in [-0.2, -0.15) is 11.8 Å². The Hall–Kier alpha value is -1.62. The molecule has 4 nitrogen and oxygen atoms in total.